The van der Waals surface area contributed by atoms with Crippen LogP contribution in [-0.4, -0.2) is 0 Å². The van der Waals surface area contributed by atoms with Crippen molar-refractivity contribution in [3.63, 3.8) is 0 Å². The molecule has 0 aliphatic rings. The van der Waals surface area contributed by atoms with Crippen molar-refractivity contribution in [2.24, 2.45) is 0 Å². The second-order valence-corrected chi connectivity index (χ2v) is 4.72. The summed E-state index contributed by atoms with van der Waals surface area (Å²) >= 11 is 28.9. The van der Waals surface area contributed by atoms with Gasteiger partial charge in [-0.2, -0.15) is 0 Å². The van der Waals surface area contributed by atoms with Crippen LogP contribution in [-0.2, 0) is 0 Å². The van der Waals surface area contributed by atoms with Crippen LogP contribution in [0.3, 0.4) is 0 Å². The molecule has 0 N–H and O–H groups in total. The van der Waals surface area contributed by atoms with Crippen molar-refractivity contribution in [3.05, 3.63) is 37.3 Å². The fraction of sp³-hybridized carbons (Fsp3) is 0.111. The summed E-state index contributed by atoms with van der Waals surface area (Å²) in [5, 5.41) is 1.06. The molecule has 0 unspecified atom stereocenters. The first-order chi connectivity index (χ1) is 6.45. The van der Waals surface area contributed by atoms with Gasteiger partial charge in [0.25, 0.3) is 0 Å². The third-order valence-electron chi connectivity index (χ3n) is 1.72. The molecule has 0 fully saturated rings. The van der Waals surface area contributed by atoms with Gasteiger partial charge in [-0.1, -0.05) is 64.1 Å². The zero-order valence-corrected chi connectivity index (χ0v) is 10.8. The minimum atomic E-state index is 0.158. The lowest BCUT2D eigenvalue weighted by Crippen LogP contribution is -1.84. The van der Waals surface area contributed by atoms with E-state index in [2.05, 4.69) is 0 Å². The Balaban J connectivity index is 3.39. The number of hydrogen-bond acceptors (Lipinski definition) is 0. The van der Waals surface area contributed by atoms with Crippen LogP contribution >= 0.6 is 58.0 Å². The standard InChI is InChI=1S/C9H5Cl5/c1-4(9(13)14)5-2-3-6(10)8(12)7(5)11/h2-3H,1H3. The van der Waals surface area contributed by atoms with Gasteiger partial charge >= 0.3 is 0 Å². The third kappa shape index (κ3) is 2.50. The average molecular weight is 290 g/mol. The molecule has 0 aliphatic carbocycles. The monoisotopic (exact) mass is 288 g/mol. The van der Waals surface area contributed by atoms with Crippen molar-refractivity contribution in [3.8, 4) is 0 Å². The Morgan fingerprint density at radius 2 is 1.57 bits per heavy atom. The zero-order chi connectivity index (χ0) is 10.9. The Hall–Kier alpha value is 0.410. The second-order valence-electron chi connectivity index (χ2n) is 2.61. The average Bonchev–Trinajstić information content (AvgIpc) is 2.13. The minimum Gasteiger partial charge on any atom is -0.0827 e. The molecule has 1 aromatic carbocycles. The highest BCUT2D eigenvalue weighted by Crippen LogP contribution is 2.37. The highest BCUT2D eigenvalue weighted by atomic mass is 35.5. The van der Waals surface area contributed by atoms with Gasteiger partial charge in [-0.3, -0.25) is 0 Å². The Kier molecular flexibility index (Phi) is 4.42. The third-order valence-corrected chi connectivity index (χ3v) is 3.58. The molecule has 76 valence electrons. The van der Waals surface area contributed by atoms with Gasteiger partial charge < -0.3 is 0 Å². The summed E-state index contributed by atoms with van der Waals surface area (Å²) in [6, 6.07) is 3.36. The predicted octanol–water partition coefficient (Wildman–Crippen LogP) is 5.81. The SMILES string of the molecule is CC(=C(Cl)Cl)c1ccc(Cl)c(Cl)c1Cl. The second kappa shape index (κ2) is 4.96. The van der Waals surface area contributed by atoms with Gasteiger partial charge in [0.15, 0.2) is 0 Å². The molecule has 1 aromatic rings. The van der Waals surface area contributed by atoms with E-state index in [-0.39, 0.29) is 4.49 Å². The fourth-order valence-electron chi connectivity index (χ4n) is 0.917. The van der Waals surface area contributed by atoms with E-state index in [1.54, 1.807) is 19.1 Å². The van der Waals surface area contributed by atoms with Crippen LogP contribution in [0.25, 0.3) is 5.57 Å². The lowest BCUT2D eigenvalue weighted by Gasteiger charge is -2.07. The number of halogens is 5. The lowest BCUT2D eigenvalue weighted by atomic mass is 10.1. The highest BCUT2D eigenvalue weighted by molar-refractivity contribution is 6.58. The van der Waals surface area contributed by atoms with E-state index in [9.17, 15) is 0 Å². The van der Waals surface area contributed by atoms with Crippen LogP contribution < -0.4 is 0 Å². The molecule has 0 aromatic heterocycles. The van der Waals surface area contributed by atoms with Crippen LogP contribution in [0.4, 0.5) is 0 Å². The van der Waals surface area contributed by atoms with Gasteiger partial charge in [0.1, 0.15) is 4.49 Å². The molecule has 0 saturated heterocycles. The van der Waals surface area contributed by atoms with E-state index >= 15 is 0 Å². The Labute approximate surface area is 107 Å². The summed E-state index contributed by atoms with van der Waals surface area (Å²) in [5.74, 6) is 0. The molecule has 0 bridgehead atoms. The molecule has 0 atom stereocenters. The molecule has 0 spiro atoms. The molecular weight excluding hydrogens is 285 g/mol. The van der Waals surface area contributed by atoms with Crippen molar-refractivity contribution < 1.29 is 0 Å². The molecule has 0 aliphatic heterocycles. The summed E-state index contributed by atoms with van der Waals surface area (Å²) < 4.78 is 0.158. The van der Waals surface area contributed by atoms with Gasteiger partial charge in [-0.05, 0) is 24.1 Å². The quantitative estimate of drug-likeness (QED) is 0.572. The van der Waals surface area contributed by atoms with Gasteiger partial charge in [0.2, 0.25) is 0 Å². The molecule has 14 heavy (non-hydrogen) atoms. The smallest absolute Gasteiger partial charge is 0.0827 e. The van der Waals surface area contributed by atoms with E-state index in [4.69, 9.17) is 58.0 Å². The van der Waals surface area contributed by atoms with E-state index < -0.39 is 0 Å². The molecule has 0 saturated carbocycles. The summed E-state index contributed by atoms with van der Waals surface area (Å²) in [6.07, 6.45) is 0. The number of benzene rings is 1. The Morgan fingerprint density at radius 3 is 2.07 bits per heavy atom. The van der Waals surface area contributed by atoms with Crippen LogP contribution in [0.15, 0.2) is 16.6 Å². The molecule has 5 heteroatoms. The molecule has 0 radical (unpaired) electrons. The molecule has 1 rings (SSSR count). The van der Waals surface area contributed by atoms with Crippen molar-refractivity contribution in [2.75, 3.05) is 0 Å². The minimum absolute atomic E-state index is 0.158. The molecular formula is C9H5Cl5. The topological polar surface area (TPSA) is 0 Å². The highest BCUT2D eigenvalue weighted by Gasteiger charge is 2.11. The molecule has 0 amide bonds. The van der Waals surface area contributed by atoms with Crippen molar-refractivity contribution >= 4 is 63.6 Å². The lowest BCUT2D eigenvalue weighted by molar-refractivity contribution is 1.57. The summed E-state index contributed by atoms with van der Waals surface area (Å²) in [6.45, 7) is 1.75. The first-order valence-corrected chi connectivity index (χ1v) is 5.50. The van der Waals surface area contributed by atoms with Crippen molar-refractivity contribution in [1.82, 2.24) is 0 Å². The van der Waals surface area contributed by atoms with E-state index in [1.165, 1.54) is 0 Å². The van der Waals surface area contributed by atoms with Gasteiger partial charge in [-0.25, -0.2) is 0 Å². The normalized spacial score (nSPS) is 10.1. The number of allylic oxidation sites excluding steroid dienone is 1. The first kappa shape index (κ1) is 12.5. The van der Waals surface area contributed by atoms with Crippen molar-refractivity contribution in [1.29, 1.82) is 0 Å². The largest absolute Gasteiger partial charge is 0.110 e. The summed E-state index contributed by atoms with van der Waals surface area (Å²) in [7, 11) is 0. The molecule has 0 nitrogen and oxygen atoms in total. The van der Waals surface area contributed by atoms with Gasteiger partial charge in [0, 0.05) is 0 Å². The van der Waals surface area contributed by atoms with E-state index in [0.29, 0.717) is 26.2 Å². The van der Waals surface area contributed by atoms with Crippen molar-refractivity contribution in [2.45, 2.75) is 6.92 Å². The first-order valence-electron chi connectivity index (χ1n) is 3.61. The zero-order valence-electron chi connectivity index (χ0n) is 7.04. The summed E-state index contributed by atoms with van der Waals surface area (Å²) in [5.41, 5.74) is 1.35. The van der Waals surface area contributed by atoms with Gasteiger partial charge in [0.05, 0.1) is 15.1 Å². The maximum atomic E-state index is 5.97. The Morgan fingerprint density at radius 1 is 1.00 bits per heavy atom. The fourth-order valence-corrected chi connectivity index (χ4v) is 1.80. The van der Waals surface area contributed by atoms with Crippen LogP contribution in [0.2, 0.25) is 15.1 Å². The maximum Gasteiger partial charge on any atom is 0.110 e. The summed E-state index contributed by atoms with van der Waals surface area (Å²) in [4.78, 5) is 0. The number of rotatable bonds is 1. The maximum absolute atomic E-state index is 5.97. The molecule has 0 heterocycles. The van der Waals surface area contributed by atoms with Crippen LogP contribution in [0.1, 0.15) is 12.5 Å². The van der Waals surface area contributed by atoms with E-state index in [1.807, 2.05) is 0 Å². The predicted molar refractivity (Wildman–Crippen MR) is 65.8 cm³/mol. The van der Waals surface area contributed by atoms with E-state index in [0.717, 1.165) is 0 Å². The number of hydrogen-bond donors (Lipinski definition) is 0. The van der Waals surface area contributed by atoms with Crippen LogP contribution in [0, 0.1) is 0 Å². The van der Waals surface area contributed by atoms with Crippen LogP contribution in [0.5, 0.6) is 0 Å². The Bertz CT molecular complexity index is 390. The van der Waals surface area contributed by atoms with Gasteiger partial charge in [-0.15, -0.1) is 0 Å².